The molecule has 1 aliphatic rings. The molecule has 1 aliphatic carbocycles. The van der Waals surface area contributed by atoms with Crippen LogP contribution in [0, 0.1) is 0 Å². The molecule has 0 aromatic heterocycles. The van der Waals surface area contributed by atoms with Gasteiger partial charge in [0.2, 0.25) is 0 Å². The van der Waals surface area contributed by atoms with Crippen LogP contribution in [-0.4, -0.2) is 22.8 Å². The summed E-state index contributed by atoms with van der Waals surface area (Å²) >= 11 is 0. The van der Waals surface area contributed by atoms with E-state index < -0.39 is 11.6 Å². The van der Waals surface area contributed by atoms with Crippen LogP contribution >= 0.6 is 0 Å². The number of carboxylic acids is 1. The molecule has 11 heavy (non-hydrogen) atoms. The standard InChI is InChI=1S/C8H14O3/c1-8(2,7(9)10)11-6-4-3-5-6/h6H,3-5H2,1-2H3,(H,9,10). The van der Waals surface area contributed by atoms with Gasteiger partial charge in [0.1, 0.15) is 0 Å². The van der Waals surface area contributed by atoms with E-state index in [-0.39, 0.29) is 6.10 Å². The second-order valence-corrected chi connectivity index (χ2v) is 3.49. The Labute approximate surface area is 66.4 Å². The number of aliphatic carboxylic acids is 1. The van der Waals surface area contributed by atoms with Crippen molar-refractivity contribution in [3.63, 3.8) is 0 Å². The lowest BCUT2D eigenvalue weighted by atomic mass is 9.95. The van der Waals surface area contributed by atoms with E-state index >= 15 is 0 Å². The molecule has 0 aromatic rings. The highest BCUT2D eigenvalue weighted by atomic mass is 16.5. The molecule has 0 saturated heterocycles. The summed E-state index contributed by atoms with van der Waals surface area (Å²) < 4.78 is 5.34. The highest BCUT2D eigenvalue weighted by Crippen LogP contribution is 2.26. The molecule has 3 heteroatoms. The van der Waals surface area contributed by atoms with Gasteiger partial charge in [0.25, 0.3) is 0 Å². The van der Waals surface area contributed by atoms with Gasteiger partial charge in [-0.15, -0.1) is 0 Å². The SMILES string of the molecule is CC(C)(OC1CCC1)C(=O)O. The smallest absolute Gasteiger partial charge is 0.335 e. The van der Waals surface area contributed by atoms with E-state index in [2.05, 4.69) is 0 Å². The van der Waals surface area contributed by atoms with Crippen LogP contribution in [0.1, 0.15) is 33.1 Å². The highest BCUT2D eigenvalue weighted by Gasteiger charge is 2.33. The maximum atomic E-state index is 10.6. The summed E-state index contributed by atoms with van der Waals surface area (Å²) in [5.74, 6) is -0.885. The number of hydrogen-bond donors (Lipinski definition) is 1. The molecule has 0 unspecified atom stereocenters. The average Bonchev–Trinajstić information content (AvgIpc) is 1.79. The van der Waals surface area contributed by atoms with E-state index in [0.717, 1.165) is 12.8 Å². The van der Waals surface area contributed by atoms with Crippen LogP contribution in [0.2, 0.25) is 0 Å². The van der Waals surface area contributed by atoms with Gasteiger partial charge < -0.3 is 9.84 Å². The molecule has 0 radical (unpaired) electrons. The van der Waals surface area contributed by atoms with Gasteiger partial charge in [-0.05, 0) is 33.1 Å². The third-order valence-corrected chi connectivity index (χ3v) is 2.03. The summed E-state index contributed by atoms with van der Waals surface area (Å²) in [4.78, 5) is 10.6. The van der Waals surface area contributed by atoms with Crippen molar-refractivity contribution < 1.29 is 14.6 Å². The molecule has 1 N–H and O–H groups in total. The van der Waals surface area contributed by atoms with Crippen molar-refractivity contribution in [2.45, 2.75) is 44.8 Å². The van der Waals surface area contributed by atoms with E-state index in [1.807, 2.05) is 0 Å². The Hall–Kier alpha value is -0.570. The number of carbonyl (C=O) groups is 1. The van der Waals surface area contributed by atoms with Crippen LogP contribution in [0.25, 0.3) is 0 Å². The van der Waals surface area contributed by atoms with Gasteiger partial charge in [0.05, 0.1) is 6.10 Å². The number of hydrogen-bond acceptors (Lipinski definition) is 2. The molecule has 1 rings (SSSR count). The summed E-state index contributed by atoms with van der Waals surface area (Å²) in [6.45, 7) is 3.18. The van der Waals surface area contributed by atoms with Crippen molar-refractivity contribution in [2.75, 3.05) is 0 Å². The molecule has 1 saturated carbocycles. The molecule has 3 nitrogen and oxygen atoms in total. The van der Waals surface area contributed by atoms with Crippen LogP contribution in [0.15, 0.2) is 0 Å². The summed E-state index contributed by atoms with van der Waals surface area (Å²) in [6.07, 6.45) is 3.37. The first-order valence-electron chi connectivity index (χ1n) is 3.93. The van der Waals surface area contributed by atoms with Crippen LogP contribution in [-0.2, 0) is 9.53 Å². The van der Waals surface area contributed by atoms with Crippen molar-refractivity contribution in [2.24, 2.45) is 0 Å². The topological polar surface area (TPSA) is 46.5 Å². The summed E-state index contributed by atoms with van der Waals surface area (Å²) in [5.41, 5.74) is -1.01. The average molecular weight is 158 g/mol. The second-order valence-electron chi connectivity index (χ2n) is 3.49. The van der Waals surface area contributed by atoms with Gasteiger partial charge in [-0.2, -0.15) is 0 Å². The predicted octanol–water partition coefficient (Wildman–Crippen LogP) is 1.42. The molecule has 64 valence electrons. The van der Waals surface area contributed by atoms with Crippen LogP contribution in [0.4, 0.5) is 0 Å². The maximum absolute atomic E-state index is 10.6. The Kier molecular flexibility index (Phi) is 2.18. The molecule has 0 amide bonds. The lowest BCUT2D eigenvalue weighted by molar-refractivity contribution is -0.173. The molecular weight excluding hydrogens is 144 g/mol. The van der Waals surface area contributed by atoms with Crippen LogP contribution in [0.3, 0.4) is 0 Å². The van der Waals surface area contributed by atoms with Crippen molar-refractivity contribution in [3.05, 3.63) is 0 Å². The second kappa shape index (κ2) is 2.81. The summed E-state index contributed by atoms with van der Waals surface area (Å²) in [6, 6.07) is 0. The van der Waals surface area contributed by atoms with E-state index in [1.54, 1.807) is 13.8 Å². The zero-order valence-electron chi connectivity index (χ0n) is 6.96. The van der Waals surface area contributed by atoms with E-state index in [4.69, 9.17) is 9.84 Å². The monoisotopic (exact) mass is 158 g/mol. The first-order valence-corrected chi connectivity index (χ1v) is 3.93. The zero-order chi connectivity index (χ0) is 8.48. The Balaban J connectivity index is 2.38. The Morgan fingerprint density at radius 2 is 2.09 bits per heavy atom. The fraction of sp³-hybridized carbons (Fsp3) is 0.875. The van der Waals surface area contributed by atoms with Gasteiger partial charge in [-0.25, -0.2) is 4.79 Å². The van der Waals surface area contributed by atoms with Crippen LogP contribution < -0.4 is 0 Å². The summed E-state index contributed by atoms with van der Waals surface area (Å²) in [7, 11) is 0. The van der Waals surface area contributed by atoms with Gasteiger partial charge in [-0.3, -0.25) is 0 Å². The third kappa shape index (κ3) is 1.93. The van der Waals surface area contributed by atoms with E-state index in [1.165, 1.54) is 6.42 Å². The van der Waals surface area contributed by atoms with Crippen molar-refractivity contribution in [3.8, 4) is 0 Å². The fourth-order valence-electron chi connectivity index (χ4n) is 0.956. The van der Waals surface area contributed by atoms with Gasteiger partial charge in [0.15, 0.2) is 5.60 Å². The van der Waals surface area contributed by atoms with Crippen molar-refractivity contribution in [1.29, 1.82) is 0 Å². The number of carboxylic acid groups (broad SMARTS) is 1. The minimum Gasteiger partial charge on any atom is -0.479 e. The Bertz CT molecular complexity index is 159. The largest absolute Gasteiger partial charge is 0.479 e. The first-order chi connectivity index (χ1) is 5.02. The summed E-state index contributed by atoms with van der Waals surface area (Å²) in [5, 5.41) is 8.68. The molecule has 0 bridgehead atoms. The first kappa shape index (κ1) is 8.53. The minimum absolute atomic E-state index is 0.182. The molecule has 0 heterocycles. The molecular formula is C8H14O3. The van der Waals surface area contributed by atoms with Gasteiger partial charge in [-0.1, -0.05) is 0 Å². The Morgan fingerprint density at radius 1 is 1.55 bits per heavy atom. The van der Waals surface area contributed by atoms with Gasteiger partial charge in [0, 0.05) is 0 Å². The zero-order valence-corrected chi connectivity index (χ0v) is 6.96. The Morgan fingerprint density at radius 3 is 2.36 bits per heavy atom. The molecule has 0 aromatic carbocycles. The van der Waals surface area contributed by atoms with Crippen LogP contribution in [0.5, 0.6) is 0 Å². The molecule has 0 atom stereocenters. The quantitative estimate of drug-likeness (QED) is 0.675. The van der Waals surface area contributed by atoms with E-state index in [0.29, 0.717) is 0 Å². The minimum atomic E-state index is -1.01. The lowest BCUT2D eigenvalue weighted by Crippen LogP contribution is -2.40. The van der Waals surface area contributed by atoms with E-state index in [9.17, 15) is 4.79 Å². The normalized spacial score (nSPS) is 19.5. The number of rotatable bonds is 3. The maximum Gasteiger partial charge on any atom is 0.335 e. The van der Waals surface area contributed by atoms with Gasteiger partial charge >= 0.3 is 5.97 Å². The number of ether oxygens (including phenoxy) is 1. The third-order valence-electron chi connectivity index (χ3n) is 2.03. The van der Waals surface area contributed by atoms with Crippen molar-refractivity contribution in [1.82, 2.24) is 0 Å². The lowest BCUT2D eigenvalue weighted by Gasteiger charge is -2.32. The molecule has 0 spiro atoms. The predicted molar refractivity (Wildman–Crippen MR) is 40.4 cm³/mol. The fourth-order valence-corrected chi connectivity index (χ4v) is 0.956. The van der Waals surface area contributed by atoms with Crippen molar-refractivity contribution >= 4 is 5.97 Å². The highest BCUT2D eigenvalue weighted by molar-refractivity contribution is 5.76. The molecule has 0 aliphatic heterocycles. The molecule has 1 fully saturated rings.